The first kappa shape index (κ1) is 15.8. The van der Waals surface area contributed by atoms with Gasteiger partial charge >= 0.3 is 0 Å². The van der Waals surface area contributed by atoms with E-state index >= 15 is 0 Å². The average Bonchev–Trinajstić information content (AvgIpc) is 2.96. The number of likely N-dealkylation sites (tertiary alicyclic amines) is 1. The summed E-state index contributed by atoms with van der Waals surface area (Å²) in [5, 5.41) is 0. The van der Waals surface area contributed by atoms with Gasteiger partial charge in [-0.3, -0.25) is 9.59 Å². The number of piperidine rings is 1. The third kappa shape index (κ3) is 3.33. The number of methoxy groups -OCH3 is 1. The molecule has 0 unspecified atom stereocenters. The highest BCUT2D eigenvalue weighted by atomic mass is 16.5. The number of amides is 2. The number of benzene rings is 1. The summed E-state index contributed by atoms with van der Waals surface area (Å²) in [6, 6.07) is 7.44. The standard InChI is InChI=1S/C18H24N2O3/c1-13-5-4-8-19(11-13)18(22)14-9-17(21)20(12-14)15-6-3-7-16(10-15)23-2/h3,6-7,10,13-14H,4-5,8-9,11-12H2,1-2H3/t13-,14+/m0/s1. The summed E-state index contributed by atoms with van der Waals surface area (Å²) in [6.45, 7) is 4.30. The fraction of sp³-hybridized carbons (Fsp3) is 0.556. The Kier molecular flexibility index (Phi) is 4.55. The lowest BCUT2D eigenvalue weighted by Crippen LogP contribution is -2.43. The number of hydrogen-bond donors (Lipinski definition) is 0. The molecule has 2 aliphatic heterocycles. The Morgan fingerprint density at radius 3 is 2.87 bits per heavy atom. The van der Waals surface area contributed by atoms with Gasteiger partial charge in [-0.25, -0.2) is 0 Å². The van der Waals surface area contributed by atoms with Crippen LogP contribution in [0.25, 0.3) is 0 Å². The molecule has 5 nitrogen and oxygen atoms in total. The van der Waals surface area contributed by atoms with E-state index in [1.54, 1.807) is 12.0 Å². The molecule has 0 N–H and O–H groups in total. The lowest BCUT2D eigenvalue weighted by molar-refractivity contribution is -0.137. The summed E-state index contributed by atoms with van der Waals surface area (Å²) < 4.78 is 5.22. The van der Waals surface area contributed by atoms with Crippen LogP contribution in [0.4, 0.5) is 5.69 Å². The second-order valence-electron chi connectivity index (χ2n) is 6.64. The number of rotatable bonds is 3. The molecule has 2 saturated heterocycles. The summed E-state index contributed by atoms with van der Waals surface area (Å²) in [6.07, 6.45) is 2.55. The van der Waals surface area contributed by atoms with E-state index in [2.05, 4.69) is 6.92 Å². The number of nitrogens with zero attached hydrogens (tertiary/aromatic N) is 2. The predicted octanol–water partition coefficient (Wildman–Crippen LogP) is 2.31. The van der Waals surface area contributed by atoms with E-state index < -0.39 is 0 Å². The van der Waals surface area contributed by atoms with Gasteiger partial charge in [0.15, 0.2) is 0 Å². The van der Waals surface area contributed by atoms with Crippen molar-refractivity contribution in [3.8, 4) is 5.75 Å². The molecule has 3 rings (SSSR count). The molecule has 0 radical (unpaired) electrons. The minimum atomic E-state index is -0.223. The molecule has 2 atom stereocenters. The van der Waals surface area contributed by atoms with Crippen molar-refractivity contribution in [2.24, 2.45) is 11.8 Å². The zero-order chi connectivity index (χ0) is 16.4. The molecule has 2 fully saturated rings. The summed E-state index contributed by atoms with van der Waals surface area (Å²) in [4.78, 5) is 28.7. The van der Waals surface area contributed by atoms with Crippen molar-refractivity contribution < 1.29 is 14.3 Å². The smallest absolute Gasteiger partial charge is 0.228 e. The van der Waals surface area contributed by atoms with Gasteiger partial charge in [0.1, 0.15) is 5.75 Å². The molecule has 124 valence electrons. The van der Waals surface area contributed by atoms with E-state index in [0.717, 1.165) is 30.9 Å². The van der Waals surface area contributed by atoms with Crippen molar-refractivity contribution >= 4 is 17.5 Å². The summed E-state index contributed by atoms with van der Waals surface area (Å²) >= 11 is 0. The van der Waals surface area contributed by atoms with Crippen LogP contribution in [0.3, 0.4) is 0 Å². The normalized spacial score (nSPS) is 24.9. The van der Waals surface area contributed by atoms with Gasteiger partial charge in [0, 0.05) is 37.8 Å². The molecule has 0 bridgehead atoms. The lowest BCUT2D eigenvalue weighted by Gasteiger charge is -2.32. The fourth-order valence-corrected chi connectivity index (χ4v) is 3.55. The van der Waals surface area contributed by atoms with Crippen molar-refractivity contribution in [1.82, 2.24) is 4.90 Å². The number of anilines is 1. The SMILES string of the molecule is COc1cccc(N2C[C@H](C(=O)N3CCC[C@H](C)C3)CC2=O)c1. The summed E-state index contributed by atoms with van der Waals surface area (Å²) in [5.74, 6) is 1.20. The number of hydrogen-bond acceptors (Lipinski definition) is 3. The first-order valence-electron chi connectivity index (χ1n) is 8.31. The largest absolute Gasteiger partial charge is 0.497 e. The monoisotopic (exact) mass is 316 g/mol. The second-order valence-corrected chi connectivity index (χ2v) is 6.64. The van der Waals surface area contributed by atoms with E-state index in [0.29, 0.717) is 18.9 Å². The van der Waals surface area contributed by atoms with Gasteiger partial charge in [-0.05, 0) is 30.9 Å². The van der Waals surface area contributed by atoms with Crippen LogP contribution in [0, 0.1) is 11.8 Å². The molecular formula is C18H24N2O3. The molecule has 0 aliphatic carbocycles. The van der Waals surface area contributed by atoms with Gasteiger partial charge in [0.25, 0.3) is 0 Å². The lowest BCUT2D eigenvalue weighted by atomic mass is 9.98. The topological polar surface area (TPSA) is 49.9 Å². The van der Waals surface area contributed by atoms with Crippen molar-refractivity contribution in [1.29, 1.82) is 0 Å². The molecule has 1 aromatic rings. The number of carbonyl (C=O) groups is 2. The van der Waals surface area contributed by atoms with E-state index in [4.69, 9.17) is 4.74 Å². The highest BCUT2D eigenvalue weighted by molar-refractivity contribution is 6.00. The summed E-state index contributed by atoms with van der Waals surface area (Å²) in [5.41, 5.74) is 0.802. The Morgan fingerprint density at radius 2 is 2.13 bits per heavy atom. The van der Waals surface area contributed by atoms with E-state index in [9.17, 15) is 9.59 Å². The van der Waals surface area contributed by atoms with Crippen LogP contribution >= 0.6 is 0 Å². The minimum absolute atomic E-state index is 0.0154. The quantitative estimate of drug-likeness (QED) is 0.860. The summed E-state index contributed by atoms with van der Waals surface area (Å²) in [7, 11) is 1.61. The molecule has 5 heteroatoms. The predicted molar refractivity (Wildman–Crippen MR) is 88.4 cm³/mol. The van der Waals surface area contributed by atoms with Crippen LogP contribution in [-0.4, -0.2) is 43.5 Å². The van der Waals surface area contributed by atoms with Crippen LogP contribution in [0.15, 0.2) is 24.3 Å². The first-order valence-corrected chi connectivity index (χ1v) is 8.31. The zero-order valence-corrected chi connectivity index (χ0v) is 13.8. The third-order valence-electron chi connectivity index (χ3n) is 4.81. The van der Waals surface area contributed by atoms with Crippen LogP contribution in [0.2, 0.25) is 0 Å². The fourth-order valence-electron chi connectivity index (χ4n) is 3.55. The van der Waals surface area contributed by atoms with Crippen LogP contribution < -0.4 is 9.64 Å². The Morgan fingerprint density at radius 1 is 1.30 bits per heavy atom. The third-order valence-corrected chi connectivity index (χ3v) is 4.81. The Bertz CT molecular complexity index is 602. The Balaban J connectivity index is 1.70. The van der Waals surface area contributed by atoms with Gasteiger partial charge in [0.05, 0.1) is 13.0 Å². The molecule has 2 aliphatic rings. The minimum Gasteiger partial charge on any atom is -0.497 e. The Hall–Kier alpha value is -2.04. The van der Waals surface area contributed by atoms with E-state index in [-0.39, 0.29) is 17.7 Å². The molecule has 23 heavy (non-hydrogen) atoms. The molecule has 0 aromatic heterocycles. The van der Waals surface area contributed by atoms with Crippen molar-refractivity contribution in [3.05, 3.63) is 24.3 Å². The molecule has 2 heterocycles. The van der Waals surface area contributed by atoms with Crippen LogP contribution in [-0.2, 0) is 9.59 Å². The maximum absolute atomic E-state index is 12.7. The van der Waals surface area contributed by atoms with Crippen LogP contribution in [0.5, 0.6) is 5.75 Å². The maximum atomic E-state index is 12.7. The number of ether oxygens (including phenoxy) is 1. The van der Waals surface area contributed by atoms with Crippen molar-refractivity contribution in [2.45, 2.75) is 26.2 Å². The molecule has 0 saturated carbocycles. The highest BCUT2D eigenvalue weighted by Crippen LogP contribution is 2.29. The van der Waals surface area contributed by atoms with Crippen molar-refractivity contribution in [2.75, 3.05) is 31.6 Å². The molecule has 2 amide bonds. The molecule has 1 aromatic carbocycles. The van der Waals surface area contributed by atoms with E-state index in [1.165, 1.54) is 6.42 Å². The van der Waals surface area contributed by atoms with Crippen LogP contribution in [0.1, 0.15) is 26.2 Å². The van der Waals surface area contributed by atoms with Gasteiger partial charge < -0.3 is 14.5 Å². The molecule has 0 spiro atoms. The zero-order valence-electron chi connectivity index (χ0n) is 13.8. The molecular weight excluding hydrogens is 292 g/mol. The second kappa shape index (κ2) is 6.60. The first-order chi connectivity index (χ1) is 11.1. The highest BCUT2D eigenvalue weighted by Gasteiger charge is 2.38. The van der Waals surface area contributed by atoms with Crippen molar-refractivity contribution in [3.63, 3.8) is 0 Å². The average molecular weight is 316 g/mol. The Labute approximate surface area is 137 Å². The number of carbonyl (C=O) groups excluding carboxylic acids is 2. The van der Waals surface area contributed by atoms with Gasteiger partial charge in [0.2, 0.25) is 11.8 Å². The van der Waals surface area contributed by atoms with Gasteiger partial charge in [-0.15, -0.1) is 0 Å². The van der Waals surface area contributed by atoms with Gasteiger partial charge in [-0.2, -0.15) is 0 Å². The van der Waals surface area contributed by atoms with E-state index in [1.807, 2.05) is 29.2 Å². The maximum Gasteiger partial charge on any atom is 0.228 e. The van der Waals surface area contributed by atoms with Gasteiger partial charge in [-0.1, -0.05) is 13.0 Å².